The van der Waals surface area contributed by atoms with Gasteiger partial charge >= 0.3 is 0 Å². The molecule has 2 atom stereocenters. The summed E-state index contributed by atoms with van der Waals surface area (Å²) in [6.07, 6.45) is -0.213. The van der Waals surface area contributed by atoms with Crippen molar-refractivity contribution in [1.82, 2.24) is 10.6 Å². The zero-order valence-electron chi connectivity index (χ0n) is 11.6. The lowest BCUT2D eigenvalue weighted by atomic mass is 10.1. The smallest absolute Gasteiger partial charge is 0.274 e. The number of amides is 1. The van der Waals surface area contributed by atoms with E-state index in [1.54, 1.807) is 18.2 Å². The summed E-state index contributed by atoms with van der Waals surface area (Å²) in [6, 6.07) is 5.94. The molecule has 1 aliphatic rings. The summed E-state index contributed by atoms with van der Waals surface area (Å²) in [4.78, 5) is 22.5. The minimum Gasteiger partial charge on any atom is -0.375 e. The highest BCUT2D eigenvalue weighted by molar-refractivity contribution is 5.85. The Balaban J connectivity index is 0.00000220. The minimum atomic E-state index is -0.452. The van der Waals surface area contributed by atoms with Crippen molar-refractivity contribution in [3.8, 4) is 0 Å². The Morgan fingerprint density at radius 3 is 2.90 bits per heavy atom. The fourth-order valence-corrected chi connectivity index (χ4v) is 2.16. The molecule has 0 saturated carbocycles. The van der Waals surface area contributed by atoms with Crippen molar-refractivity contribution in [2.24, 2.45) is 0 Å². The van der Waals surface area contributed by atoms with Gasteiger partial charge in [0.2, 0.25) is 5.91 Å². The summed E-state index contributed by atoms with van der Waals surface area (Å²) in [7, 11) is 0. The highest BCUT2D eigenvalue weighted by atomic mass is 35.5. The van der Waals surface area contributed by atoms with Crippen LogP contribution in [-0.2, 0) is 16.1 Å². The first-order valence-corrected chi connectivity index (χ1v) is 6.44. The van der Waals surface area contributed by atoms with Crippen LogP contribution in [0.2, 0.25) is 0 Å². The summed E-state index contributed by atoms with van der Waals surface area (Å²) >= 11 is 0. The molecule has 8 heteroatoms. The fraction of sp³-hybridized carbons (Fsp3) is 0.462. The molecule has 1 heterocycles. The SMILES string of the molecule is C[C@H]1OCCN[C@@H]1C(=O)NCc1ccccc1[N+](=O)[O-].Cl. The van der Waals surface area contributed by atoms with Gasteiger partial charge in [-0.05, 0) is 6.92 Å². The zero-order valence-corrected chi connectivity index (χ0v) is 12.4. The number of carbonyl (C=O) groups excluding carboxylic acids is 1. The van der Waals surface area contributed by atoms with Crippen molar-refractivity contribution in [1.29, 1.82) is 0 Å². The van der Waals surface area contributed by atoms with Crippen LogP contribution < -0.4 is 10.6 Å². The largest absolute Gasteiger partial charge is 0.375 e. The molecule has 0 unspecified atom stereocenters. The second kappa shape index (κ2) is 7.92. The van der Waals surface area contributed by atoms with Gasteiger partial charge in [-0.15, -0.1) is 12.4 Å². The number of nitro benzene ring substituents is 1. The van der Waals surface area contributed by atoms with Gasteiger partial charge in [-0.2, -0.15) is 0 Å². The van der Waals surface area contributed by atoms with Gasteiger partial charge in [-0.25, -0.2) is 0 Å². The molecule has 0 radical (unpaired) electrons. The van der Waals surface area contributed by atoms with Gasteiger partial charge in [0.1, 0.15) is 6.04 Å². The number of nitrogens with one attached hydrogen (secondary N) is 2. The third-order valence-corrected chi connectivity index (χ3v) is 3.24. The zero-order chi connectivity index (χ0) is 14.5. The molecule has 1 aromatic rings. The maximum absolute atomic E-state index is 12.0. The van der Waals surface area contributed by atoms with E-state index in [0.717, 1.165) is 0 Å². The number of morpholine rings is 1. The van der Waals surface area contributed by atoms with E-state index in [1.807, 2.05) is 6.92 Å². The molecule has 1 aromatic carbocycles. The maximum Gasteiger partial charge on any atom is 0.274 e. The van der Waals surface area contributed by atoms with Crippen LogP contribution in [0.25, 0.3) is 0 Å². The normalized spacial score (nSPS) is 21.2. The molecular formula is C13H18ClN3O4. The molecule has 0 aliphatic carbocycles. The number of carbonyl (C=O) groups is 1. The van der Waals surface area contributed by atoms with Crippen molar-refractivity contribution in [3.63, 3.8) is 0 Å². The Morgan fingerprint density at radius 2 is 2.24 bits per heavy atom. The maximum atomic E-state index is 12.0. The van der Waals surface area contributed by atoms with Crippen LogP contribution in [0.3, 0.4) is 0 Å². The van der Waals surface area contributed by atoms with E-state index >= 15 is 0 Å². The molecule has 21 heavy (non-hydrogen) atoms. The number of nitro groups is 1. The van der Waals surface area contributed by atoms with Gasteiger partial charge in [0.25, 0.3) is 5.69 Å². The number of ether oxygens (including phenoxy) is 1. The topological polar surface area (TPSA) is 93.5 Å². The lowest BCUT2D eigenvalue weighted by Gasteiger charge is -2.29. The van der Waals surface area contributed by atoms with Crippen LogP contribution in [0.5, 0.6) is 0 Å². The van der Waals surface area contributed by atoms with Crippen molar-refractivity contribution < 1.29 is 14.5 Å². The number of hydrogen-bond acceptors (Lipinski definition) is 5. The number of hydrogen-bond donors (Lipinski definition) is 2. The van der Waals surface area contributed by atoms with Gasteiger partial charge < -0.3 is 15.4 Å². The van der Waals surface area contributed by atoms with Crippen LogP contribution >= 0.6 is 12.4 Å². The summed E-state index contributed by atoms with van der Waals surface area (Å²) in [6.45, 7) is 3.14. The van der Waals surface area contributed by atoms with Gasteiger partial charge in [0.15, 0.2) is 0 Å². The Hall–Kier alpha value is -1.70. The molecule has 1 saturated heterocycles. The lowest BCUT2D eigenvalue weighted by molar-refractivity contribution is -0.385. The van der Waals surface area contributed by atoms with Crippen molar-refractivity contribution in [3.05, 3.63) is 39.9 Å². The van der Waals surface area contributed by atoms with Crippen LogP contribution in [0.1, 0.15) is 12.5 Å². The Labute approximate surface area is 128 Å². The molecule has 0 spiro atoms. The molecule has 2 N–H and O–H groups in total. The van der Waals surface area contributed by atoms with Crippen LogP contribution in [0.15, 0.2) is 24.3 Å². The third-order valence-electron chi connectivity index (χ3n) is 3.24. The highest BCUT2D eigenvalue weighted by Crippen LogP contribution is 2.17. The van der Waals surface area contributed by atoms with Crippen LogP contribution in [0.4, 0.5) is 5.69 Å². The van der Waals surface area contributed by atoms with Crippen molar-refractivity contribution in [2.45, 2.75) is 25.6 Å². The number of nitrogens with zero attached hydrogens (tertiary/aromatic N) is 1. The first-order valence-electron chi connectivity index (χ1n) is 6.44. The van der Waals surface area contributed by atoms with Crippen molar-refractivity contribution >= 4 is 24.0 Å². The second-order valence-electron chi connectivity index (χ2n) is 4.61. The second-order valence-corrected chi connectivity index (χ2v) is 4.61. The van der Waals surface area contributed by atoms with E-state index in [4.69, 9.17) is 4.74 Å². The van der Waals surface area contributed by atoms with E-state index in [2.05, 4.69) is 10.6 Å². The molecular weight excluding hydrogens is 298 g/mol. The molecule has 1 amide bonds. The highest BCUT2D eigenvalue weighted by Gasteiger charge is 2.28. The van der Waals surface area contributed by atoms with Crippen LogP contribution in [0, 0.1) is 10.1 Å². The van der Waals surface area contributed by atoms with E-state index < -0.39 is 11.0 Å². The summed E-state index contributed by atoms with van der Waals surface area (Å²) in [5.41, 5.74) is 0.490. The summed E-state index contributed by atoms with van der Waals surface area (Å²) < 4.78 is 5.39. The summed E-state index contributed by atoms with van der Waals surface area (Å²) in [5.74, 6) is -0.213. The lowest BCUT2D eigenvalue weighted by Crippen LogP contribution is -2.55. The van der Waals surface area contributed by atoms with E-state index in [1.165, 1.54) is 6.07 Å². The Morgan fingerprint density at radius 1 is 1.52 bits per heavy atom. The molecule has 116 valence electrons. The first kappa shape index (κ1) is 17.4. The molecule has 0 aromatic heterocycles. The molecule has 0 bridgehead atoms. The fourth-order valence-electron chi connectivity index (χ4n) is 2.16. The standard InChI is InChI=1S/C13H17N3O4.ClH/c1-9-12(14-6-7-20-9)13(17)15-8-10-4-2-3-5-11(10)16(18)19;/h2-5,9,12,14H,6-8H2,1H3,(H,15,17);1H/t9-,12+;/m1./s1. The number of benzene rings is 1. The predicted molar refractivity (Wildman–Crippen MR) is 79.4 cm³/mol. The minimum absolute atomic E-state index is 0. The summed E-state index contributed by atoms with van der Waals surface area (Å²) in [5, 5.41) is 16.7. The first-order chi connectivity index (χ1) is 9.59. The van der Waals surface area contributed by atoms with Gasteiger partial charge in [-0.3, -0.25) is 14.9 Å². The quantitative estimate of drug-likeness (QED) is 0.639. The number of halogens is 1. The number of rotatable bonds is 4. The molecule has 2 rings (SSSR count). The van der Waals surface area contributed by atoms with Gasteiger partial charge in [0.05, 0.1) is 17.6 Å². The van der Waals surface area contributed by atoms with Crippen molar-refractivity contribution in [2.75, 3.05) is 13.2 Å². The van der Waals surface area contributed by atoms with Gasteiger partial charge in [0, 0.05) is 24.7 Å². The third kappa shape index (κ3) is 4.38. The van der Waals surface area contributed by atoms with Crippen LogP contribution in [-0.4, -0.2) is 36.1 Å². The predicted octanol–water partition coefficient (Wildman–Crippen LogP) is 1.01. The Bertz CT molecular complexity index is 512. The van der Waals surface area contributed by atoms with E-state index in [9.17, 15) is 14.9 Å². The van der Waals surface area contributed by atoms with Gasteiger partial charge in [-0.1, -0.05) is 18.2 Å². The monoisotopic (exact) mass is 315 g/mol. The Kier molecular flexibility index (Phi) is 6.54. The molecule has 7 nitrogen and oxygen atoms in total. The molecule has 1 aliphatic heterocycles. The molecule has 1 fully saturated rings. The number of para-hydroxylation sites is 1. The van der Waals surface area contributed by atoms with E-state index in [0.29, 0.717) is 18.7 Å². The van der Waals surface area contributed by atoms with E-state index in [-0.39, 0.29) is 36.7 Å². The average Bonchev–Trinajstić information content (AvgIpc) is 2.45. The average molecular weight is 316 g/mol.